The fourth-order valence-electron chi connectivity index (χ4n) is 1.20. The summed E-state index contributed by atoms with van der Waals surface area (Å²) >= 11 is 0. The normalized spacial score (nSPS) is 9.75. The number of carboxylic acid groups (broad SMARTS) is 1. The third kappa shape index (κ3) is 2.53. The molecule has 0 bridgehead atoms. The van der Waals surface area contributed by atoms with Gasteiger partial charge in [0.1, 0.15) is 0 Å². The Morgan fingerprint density at radius 3 is 2.50 bits per heavy atom. The summed E-state index contributed by atoms with van der Waals surface area (Å²) in [5, 5.41) is 19.2. The number of hydrogen-bond acceptors (Lipinski definition) is 4. The van der Waals surface area contributed by atoms with E-state index in [0.717, 1.165) is 6.07 Å². The molecular weight excluding hydrogens is 216 g/mol. The second-order valence-electron chi connectivity index (χ2n) is 3.04. The SMILES string of the molecule is NC(=O)c1ccc(CC(=O)O)c([N+](=O)[O-])c1. The Morgan fingerprint density at radius 1 is 1.44 bits per heavy atom. The Kier molecular flexibility index (Phi) is 3.19. The van der Waals surface area contributed by atoms with Crippen molar-refractivity contribution in [1.82, 2.24) is 0 Å². The van der Waals surface area contributed by atoms with Crippen LogP contribution in [0.2, 0.25) is 0 Å². The number of primary amides is 1. The highest BCUT2D eigenvalue weighted by atomic mass is 16.6. The molecule has 84 valence electrons. The average Bonchev–Trinajstić information content (AvgIpc) is 2.16. The third-order valence-corrected chi connectivity index (χ3v) is 1.91. The molecule has 0 fully saturated rings. The van der Waals surface area contributed by atoms with Crippen molar-refractivity contribution in [3.63, 3.8) is 0 Å². The van der Waals surface area contributed by atoms with Crippen LogP contribution < -0.4 is 5.73 Å². The molecule has 1 rings (SSSR count). The van der Waals surface area contributed by atoms with Crippen LogP contribution in [0.4, 0.5) is 5.69 Å². The molecule has 1 aromatic rings. The maximum Gasteiger partial charge on any atom is 0.308 e. The van der Waals surface area contributed by atoms with E-state index in [1.807, 2.05) is 0 Å². The van der Waals surface area contributed by atoms with Crippen molar-refractivity contribution in [2.45, 2.75) is 6.42 Å². The number of benzene rings is 1. The molecule has 0 unspecified atom stereocenters. The Bertz CT molecular complexity index is 469. The van der Waals surface area contributed by atoms with Gasteiger partial charge in [-0.05, 0) is 6.07 Å². The fraction of sp³-hybridized carbons (Fsp3) is 0.111. The summed E-state index contributed by atoms with van der Waals surface area (Å²) in [6.07, 6.45) is -0.477. The summed E-state index contributed by atoms with van der Waals surface area (Å²) in [6, 6.07) is 3.44. The highest BCUT2D eigenvalue weighted by molar-refractivity contribution is 5.93. The maximum absolute atomic E-state index is 10.8. The van der Waals surface area contributed by atoms with Crippen molar-refractivity contribution in [1.29, 1.82) is 0 Å². The number of nitrogens with two attached hydrogens (primary N) is 1. The van der Waals surface area contributed by atoms with E-state index in [4.69, 9.17) is 10.8 Å². The fourth-order valence-corrected chi connectivity index (χ4v) is 1.20. The Hall–Kier alpha value is -2.44. The van der Waals surface area contributed by atoms with Gasteiger partial charge < -0.3 is 10.8 Å². The molecule has 7 heteroatoms. The number of hydrogen-bond donors (Lipinski definition) is 2. The zero-order valence-electron chi connectivity index (χ0n) is 8.04. The molecule has 0 radical (unpaired) electrons. The monoisotopic (exact) mass is 224 g/mol. The first kappa shape index (κ1) is 11.6. The van der Waals surface area contributed by atoms with Crippen LogP contribution in [0.5, 0.6) is 0 Å². The first-order valence-electron chi connectivity index (χ1n) is 4.20. The molecule has 0 atom stereocenters. The Labute approximate surface area is 89.6 Å². The van der Waals surface area contributed by atoms with E-state index >= 15 is 0 Å². The van der Waals surface area contributed by atoms with Crippen LogP contribution in [0.1, 0.15) is 15.9 Å². The van der Waals surface area contributed by atoms with E-state index in [0.29, 0.717) is 0 Å². The molecule has 0 heterocycles. The molecule has 1 amide bonds. The van der Waals surface area contributed by atoms with Crippen molar-refractivity contribution < 1.29 is 19.6 Å². The second-order valence-corrected chi connectivity index (χ2v) is 3.04. The van der Waals surface area contributed by atoms with E-state index < -0.39 is 28.9 Å². The van der Waals surface area contributed by atoms with Gasteiger partial charge in [0, 0.05) is 17.2 Å². The topological polar surface area (TPSA) is 124 Å². The summed E-state index contributed by atoms with van der Waals surface area (Å²) in [6.45, 7) is 0. The summed E-state index contributed by atoms with van der Waals surface area (Å²) in [5.74, 6) is -1.99. The lowest BCUT2D eigenvalue weighted by Gasteiger charge is -2.01. The number of carboxylic acids is 1. The summed E-state index contributed by atoms with van der Waals surface area (Å²) in [7, 11) is 0. The highest BCUT2D eigenvalue weighted by Gasteiger charge is 2.18. The predicted molar refractivity (Wildman–Crippen MR) is 53.0 cm³/mol. The van der Waals surface area contributed by atoms with Gasteiger partial charge in [0.05, 0.1) is 11.3 Å². The van der Waals surface area contributed by atoms with Crippen LogP contribution in [0.15, 0.2) is 18.2 Å². The number of rotatable bonds is 4. The van der Waals surface area contributed by atoms with Gasteiger partial charge in [-0.1, -0.05) is 6.07 Å². The number of nitro benzene ring substituents is 1. The summed E-state index contributed by atoms with van der Waals surface area (Å²) < 4.78 is 0. The smallest absolute Gasteiger partial charge is 0.308 e. The van der Waals surface area contributed by atoms with Gasteiger partial charge in [-0.25, -0.2) is 0 Å². The largest absolute Gasteiger partial charge is 0.481 e. The minimum Gasteiger partial charge on any atom is -0.481 e. The standard InChI is InChI=1S/C9H8N2O5/c10-9(14)6-2-1-5(4-8(12)13)7(3-6)11(15)16/h1-3H,4H2,(H2,10,14)(H,12,13). The van der Waals surface area contributed by atoms with E-state index in [1.54, 1.807) is 0 Å². The van der Waals surface area contributed by atoms with Gasteiger partial charge in [0.15, 0.2) is 0 Å². The van der Waals surface area contributed by atoms with Gasteiger partial charge in [0.25, 0.3) is 5.69 Å². The molecule has 16 heavy (non-hydrogen) atoms. The van der Waals surface area contributed by atoms with E-state index in [1.165, 1.54) is 12.1 Å². The summed E-state index contributed by atoms with van der Waals surface area (Å²) in [4.78, 5) is 31.1. The third-order valence-electron chi connectivity index (χ3n) is 1.91. The molecule has 0 spiro atoms. The maximum atomic E-state index is 10.8. The second kappa shape index (κ2) is 4.39. The van der Waals surface area contributed by atoms with Crippen molar-refractivity contribution in [2.75, 3.05) is 0 Å². The molecule has 0 aliphatic carbocycles. The number of carbonyl (C=O) groups is 2. The lowest BCUT2D eigenvalue weighted by Crippen LogP contribution is -2.12. The van der Waals surface area contributed by atoms with Gasteiger partial charge in [-0.2, -0.15) is 0 Å². The van der Waals surface area contributed by atoms with Crippen LogP contribution in [-0.4, -0.2) is 21.9 Å². The number of nitro groups is 1. The van der Waals surface area contributed by atoms with E-state index in [-0.39, 0.29) is 11.1 Å². The van der Waals surface area contributed by atoms with Gasteiger partial charge >= 0.3 is 5.97 Å². The van der Waals surface area contributed by atoms with Crippen LogP contribution in [0.3, 0.4) is 0 Å². The van der Waals surface area contributed by atoms with Gasteiger partial charge in [0.2, 0.25) is 5.91 Å². The van der Waals surface area contributed by atoms with E-state index in [2.05, 4.69) is 0 Å². The molecule has 3 N–H and O–H groups in total. The van der Waals surface area contributed by atoms with Crippen LogP contribution in [0.25, 0.3) is 0 Å². The zero-order valence-corrected chi connectivity index (χ0v) is 8.04. The van der Waals surface area contributed by atoms with Gasteiger partial charge in [-0.15, -0.1) is 0 Å². The first-order valence-corrected chi connectivity index (χ1v) is 4.20. The van der Waals surface area contributed by atoms with Crippen LogP contribution >= 0.6 is 0 Å². The highest BCUT2D eigenvalue weighted by Crippen LogP contribution is 2.20. The van der Waals surface area contributed by atoms with E-state index in [9.17, 15) is 19.7 Å². The Morgan fingerprint density at radius 2 is 2.06 bits per heavy atom. The predicted octanol–water partition coefficient (Wildman–Crippen LogP) is 0.321. The number of amides is 1. The molecule has 7 nitrogen and oxygen atoms in total. The molecule has 0 saturated carbocycles. The number of carbonyl (C=O) groups excluding carboxylic acids is 1. The minimum atomic E-state index is -1.19. The minimum absolute atomic E-state index is 0.0270. The quantitative estimate of drug-likeness (QED) is 0.563. The van der Waals surface area contributed by atoms with Crippen molar-refractivity contribution >= 4 is 17.6 Å². The van der Waals surface area contributed by atoms with Gasteiger partial charge in [-0.3, -0.25) is 19.7 Å². The van der Waals surface area contributed by atoms with Crippen molar-refractivity contribution in [2.24, 2.45) is 5.73 Å². The number of nitrogens with zero attached hydrogens (tertiary/aromatic N) is 1. The van der Waals surface area contributed by atoms with Crippen molar-refractivity contribution in [3.8, 4) is 0 Å². The molecule has 0 aliphatic rings. The molecule has 0 aromatic heterocycles. The lowest BCUT2D eigenvalue weighted by atomic mass is 10.1. The lowest BCUT2D eigenvalue weighted by molar-refractivity contribution is -0.385. The Balaban J connectivity index is 3.24. The average molecular weight is 224 g/mol. The van der Waals surface area contributed by atoms with Crippen LogP contribution in [0, 0.1) is 10.1 Å². The zero-order chi connectivity index (χ0) is 12.3. The molecular formula is C9H8N2O5. The van der Waals surface area contributed by atoms with Crippen molar-refractivity contribution in [3.05, 3.63) is 39.4 Å². The first-order chi connectivity index (χ1) is 7.41. The molecule has 1 aromatic carbocycles. The molecule has 0 saturated heterocycles. The number of aliphatic carboxylic acids is 1. The molecule has 0 aliphatic heterocycles. The summed E-state index contributed by atoms with van der Waals surface area (Å²) in [5.41, 5.74) is 4.54. The van der Waals surface area contributed by atoms with Crippen LogP contribution in [-0.2, 0) is 11.2 Å².